The molecule has 0 aliphatic heterocycles. The van der Waals surface area contributed by atoms with Crippen molar-refractivity contribution in [2.45, 2.75) is 26.7 Å². The number of aromatic hydroxyl groups is 1. The minimum atomic E-state index is -0.331. The quantitative estimate of drug-likeness (QED) is 0.552. The first-order chi connectivity index (χ1) is 13.1. The SMILES string of the molecule is CCOC(=O)CC/C(C#N)=C(/c1ccc(O)cc1)c1ccc(OCC)cc1. The number of phenolic OH excluding ortho intramolecular Hbond substituents is 1. The first-order valence-electron chi connectivity index (χ1n) is 8.90. The van der Waals surface area contributed by atoms with E-state index >= 15 is 0 Å². The zero-order valence-corrected chi connectivity index (χ0v) is 15.6. The lowest BCUT2D eigenvalue weighted by Gasteiger charge is -2.13. The van der Waals surface area contributed by atoms with Crippen LogP contribution in [0.15, 0.2) is 54.1 Å². The number of nitriles is 1. The van der Waals surface area contributed by atoms with Crippen molar-refractivity contribution in [3.8, 4) is 17.6 Å². The van der Waals surface area contributed by atoms with Crippen molar-refractivity contribution < 1.29 is 19.4 Å². The van der Waals surface area contributed by atoms with Crippen LogP contribution in [0.25, 0.3) is 5.57 Å². The Bertz CT molecular complexity index is 830. The topological polar surface area (TPSA) is 79.6 Å². The molecule has 0 unspecified atom stereocenters. The summed E-state index contributed by atoms with van der Waals surface area (Å²) in [7, 11) is 0. The maximum absolute atomic E-state index is 11.7. The Hall–Kier alpha value is -3.26. The van der Waals surface area contributed by atoms with E-state index in [1.54, 1.807) is 31.2 Å². The van der Waals surface area contributed by atoms with Crippen molar-refractivity contribution >= 4 is 11.5 Å². The van der Waals surface area contributed by atoms with Crippen LogP contribution in [0.3, 0.4) is 0 Å². The maximum Gasteiger partial charge on any atom is 0.306 e. The molecule has 0 saturated carbocycles. The molecule has 0 heterocycles. The summed E-state index contributed by atoms with van der Waals surface area (Å²) in [6.45, 7) is 4.55. The third kappa shape index (κ3) is 5.61. The highest BCUT2D eigenvalue weighted by Crippen LogP contribution is 2.31. The number of ether oxygens (including phenoxy) is 2. The lowest BCUT2D eigenvalue weighted by molar-refractivity contribution is -0.143. The molecule has 2 rings (SSSR count). The summed E-state index contributed by atoms with van der Waals surface area (Å²) in [6, 6.07) is 16.3. The zero-order chi connectivity index (χ0) is 19.6. The summed E-state index contributed by atoms with van der Waals surface area (Å²) in [5.74, 6) is 0.563. The first-order valence-corrected chi connectivity index (χ1v) is 8.90. The zero-order valence-electron chi connectivity index (χ0n) is 15.6. The molecule has 2 aromatic rings. The molecule has 0 bridgehead atoms. The highest BCUT2D eigenvalue weighted by Gasteiger charge is 2.14. The summed E-state index contributed by atoms with van der Waals surface area (Å²) in [5, 5.41) is 19.3. The Morgan fingerprint density at radius 3 is 2.07 bits per heavy atom. The molecule has 0 aliphatic carbocycles. The summed E-state index contributed by atoms with van der Waals surface area (Å²) in [6.07, 6.45) is 0.411. The van der Waals surface area contributed by atoms with E-state index in [1.807, 2.05) is 31.2 Å². The van der Waals surface area contributed by atoms with Crippen LogP contribution in [0, 0.1) is 11.3 Å². The molecule has 0 saturated heterocycles. The number of carbonyl (C=O) groups excluding carboxylic acids is 1. The van der Waals surface area contributed by atoms with Gasteiger partial charge in [0.05, 0.1) is 25.7 Å². The van der Waals surface area contributed by atoms with E-state index in [9.17, 15) is 15.2 Å². The van der Waals surface area contributed by atoms with E-state index in [0.717, 1.165) is 22.4 Å². The highest BCUT2D eigenvalue weighted by molar-refractivity contribution is 5.85. The number of nitrogens with zero attached hydrogens (tertiary/aromatic N) is 1. The van der Waals surface area contributed by atoms with Crippen molar-refractivity contribution in [3.63, 3.8) is 0 Å². The van der Waals surface area contributed by atoms with Crippen LogP contribution in [0.5, 0.6) is 11.5 Å². The van der Waals surface area contributed by atoms with Crippen molar-refractivity contribution in [2.24, 2.45) is 0 Å². The Balaban J connectivity index is 2.45. The fraction of sp³-hybridized carbons (Fsp3) is 0.273. The molecular formula is C22H23NO4. The van der Waals surface area contributed by atoms with Gasteiger partial charge in [-0.05, 0) is 55.7 Å². The van der Waals surface area contributed by atoms with Crippen LogP contribution < -0.4 is 4.74 Å². The van der Waals surface area contributed by atoms with Crippen molar-refractivity contribution in [3.05, 3.63) is 65.2 Å². The molecule has 0 aromatic heterocycles. The van der Waals surface area contributed by atoms with Crippen LogP contribution in [0.2, 0.25) is 0 Å². The lowest BCUT2D eigenvalue weighted by Crippen LogP contribution is -2.04. The smallest absolute Gasteiger partial charge is 0.306 e. The molecule has 27 heavy (non-hydrogen) atoms. The number of rotatable bonds is 8. The Labute approximate surface area is 159 Å². The van der Waals surface area contributed by atoms with E-state index in [2.05, 4.69) is 6.07 Å². The molecular weight excluding hydrogens is 342 g/mol. The average molecular weight is 365 g/mol. The van der Waals surface area contributed by atoms with Crippen molar-refractivity contribution in [1.82, 2.24) is 0 Å². The number of hydrogen-bond acceptors (Lipinski definition) is 5. The molecule has 0 spiro atoms. The number of carbonyl (C=O) groups is 1. The van der Waals surface area contributed by atoms with Crippen molar-refractivity contribution in [2.75, 3.05) is 13.2 Å². The van der Waals surface area contributed by atoms with Gasteiger partial charge < -0.3 is 14.6 Å². The second kappa shape index (κ2) is 10.0. The summed E-state index contributed by atoms with van der Waals surface area (Å²) < 4.78 is 10.4. The van der Waals surface area contributed by atoms with Gasteiger partial charge in [-0.3, -0.25) is 4.79 Å². The second-order valence-electron chi connectivity index (χ2n) is 5.77. The predicted molar refractivity (Wildman–Crippen MR) is 103 cm³/mol. The standard InChI is InChI=1S/C22H23NO4/c1-3-26-20-12-7-17(8-13-20)22(16-5-10-19(24)11-6-16)18(15-23)9-14-21(25)27-4-2/h5-8,10-13,24H,3-4,9,14H2,1-2H3/b22-18+. The van der Waals surface area contributed by atoms with Gasteiger partial charge in [0, 0.05) is 11.1 Å². The molecule has 5 heteroatoms. The Morgan fingerprint density at radius 1 is 0.963 bits per heavy atom. The molecule has 140 valence electrons. The molecule has 0 amide bonds. The maximum atomic E-state index is 11.7. The highest BCUT2D eigenvalue weighted by atomic mass is 16.5. The lowest BCUT2D eigenvalue weighted by atomic mass is 9.91. The van der Waals surface area contributed by atoms with Gasteiger partial charge in [-0.2, -0.15) is 5.26 Å². The van der Waals surface area contributed by atoms with Crippen LogP contribution in [0.1, 0.15) is 37.8 Å². The second-order valence-corrected chi connectivity index (χ2v) is 5.77. The molecule has 0 aliphatic rings. The third-order valence-corrected chi connectivity index (χ3v) is 3.93. The fourth-order valence-electron chi connectivity index (χ4n) is 2.72. The van der Waals surface area contributed by atoms with E-state index < -0.39 is 0 Å². The monoisotopic (exact) mass is 365 g/mol. The number of esters is 1. The predicted octanol–water partition coefficient (Wildman–Crippen LogP) is 4.46. The van der Waals surface area contributed by atoms with Gasteiger partial charge >= 0.3 is 5.97 Å². The molecule has 1 N–H and O–H groups in total. The van der Waals surface area contributed by atoms with Gasteiger partial charge in [0.1, 0.15) is 11.5 Å². The fourth-order valence-corrected chi connectivity index (χ4v) is 2.72. The van der Waals surface area contributed by atoms with E-state index in [1.165, 1.54) is 0 Å². The van der Waals surface area contributed by atoms with Crippen LogP contribution in [-0.4, -0.2) is 24.3 Å². The Kier molecular flexibility index (Phi) is 7.45. The van der Waals surface area contributed by atoms with Crippen LogP contribution in [0.4, 0.5) is 0 Å². The molecule has 5 nitrogen and oxygen atoms in total. The number of hydrogen-bond donors (Lipinski definition) is 1. The number of benzene rings is 2. The number of allylic oxidation sites excluding steroid dienone is 1. The largest absolute Gasteiger partial charge is 0.508 e. The van der Waals surface area contributed by atoms with Gasteiger partial charge in [-0.1, -0.05) is 24.3 Å². The average Bonchev–Trinajstić information content (AvgIpc) is 2.67. The summed E-state index contributed by atoms with van der Waals surface area (Å²) in [4.78, 5) is 11.7. The van der Waals surface area contributed by atoms with Gasteiger partial charge in [0.2, 0.25) is 0 Å². The molecule has 0 atom stereocenters. The van der Waals surface area contributed by atoms with E-state index in [0.29, 0.717) is 18.8 Å². The van der Waals surface area contributed by atoms with Gasteiger partial charge in [0.25, 0.3) is 0 Å². The molecule has 2 aromatic carbocycles. The number of phenols is 1. The first kappa shape index (κ1) is 20.1. The van der Waals surface area contributed by atoms with Gasteiger partial charge in [-0.25, -0.2) is 0 Å². The van der Waals surface area contributed by atoms with E-state index in [-0.39, 0.29) is 24.6 Å². The van der Waals surface area contributed by atoms with Crippen LogP contribution >= 0.6 is 0 Å². The minimum Gasteiger partial charge on any atom is -0.508 e. The molecule has 0 fully saturated rings. The minimum absolute atomic E-state index is 0.134. The normalized spacial score (nSPS) is 11.3. The van der Waals surface area contributed by atoms with E-state index in [4.69, 9.17) is 9.47 Å². The Morgan fingerprint density at radius 2 is 1.56 bits per heavy atom. The summed E-state index contributed by atoms with van der Waals surface area (Å²) in [5.41, 5.74) is 2.84. The van der Waals surface area contributed by atoms with Crippen LogP contribution in [-0.2, 0) is 9.53 Å². The van der Waals surface area contributed by atoms with Gasteiger partial charge in [-0.15, -0.1) is 0 Å². The van der Waals surface area contributed by atoms with Crippen molar-refractivity contribution in [1.29, 1.82) is 5.26 Å². The molecule has 0 radical (unpaired) electrons. The third-order valence-electron chi connectivity index (χ3n) is 3.93. The summed E-state index contributed by atoms with van der Waals surface area (Å²) >= 11 is 0. The van der Waals surface area contributed by atoms with Gasteiger partial charge in [0.15, 0.2) is 0 Å².